The molecule has 154 valence electrons. The maximum absolute atomic E-state index is 2.52. The molecule has 2 rings (SSSR count). The second-order valence-electron chi connectivity index (χ2n) is 6.87. The van der Waals surface area contributed by atoms with E-state index in [4.69, 9.17) is 0 Å². The first kappa shape index (κ1) is 23.0. The average molecular weight is 417 g/mol. The van der Waals surface area contributed by atoms with Crippen molar-refractivity contribution in [2.75, 3.05) is 59.0 Å². The molecule has 0 aliphatic rings. The van der Waals surface area contributed by atoms with Crippen molar-refractivity contribution in [1.82, 2.24) is 0 Å². The Balaban J connectivity index is 1.58. The van der Waals surface area contributed by atoms with Gasteiger partial charge in [-0.25, -0.2) is 0 Å². The Kier molecular flexibility index (Phi) is 12.1. The van der Waals surface area contributed by atoms with Crippen molar-refractivity contribution in [2.24, 2.45) is 0 Å². The number of thioether (sulfide) groups is 2. The van der Waals surface area contributed by atoms with Gasteiger partial charge in [0, 0.05) is 60.6 Å². The van der Waals surface area contributed by atoms with Gasteiger partial charge in [-0.2, -0.15) is 23.5 Å². The van der Waals surface area contributed by atoms with Crippen LogP contribution in [-0.2, 0) is 0 Å². The van der Waals surface area contributed by atoms with Gasteiger partial charge in [0.05, 0.1) is 0 Å². The first-order valence-electron chi connectivity index (χ1n) is 10.6. The van der Waals surface area contributed by atoms with Crippen LogP contribution in [0.4, 0.5) is 11.4 Å². The highest BCUT2D eigenvalue weighted by atomic mass is 32.2. The molecule has 0 N–H and O–H groups in total. The largest absolute Gasteiger partial charge is 0.371 e. The summed E-state index contributed by atoms with van der Waals surface area (Å²) in [5, 5.41) is 0. The molecule has 0 aliphatic carbocycles. The smallest absolute Gasteiger partial charge is 0.0366 e. The Morgan fingerprint density at radius 3 is 1.29 bits per heavy atom. The van der Waals surface area contributed by atoms with Gasteiger partial charge < -0.3 is 9.80 Å². The minimum Gasteiger partial charge on any atom is -0.371 e. The Bertz CT molecular complexity index is 551. The third-order valence-corrected chi connectivity index (χ3v) is 6.80. The summed E-state index contributed by atoms with van der Waals surface area (Å²) in [5.74, 6) is 4.92. The molecule has 0 unspecified atom stereocenters. The fraction of sp³-hybridized carbons (Fsp3) is 0.500. The lowest BCUT2D eigenvalue weighted by atomic mass is 10.3. The zero-order chi connectivity index (χ0) is 19.9. The molecule has 0 radical (unpaired) electrons. The van der Waals surface area contributed by atoms with Crippen LogP contribution >= 0.6 is 23.5 Å². The molecule has 0 saturated heterocycles. The van der Waals surface area contributed by atoms with Gasteiger partial charge in [0.2, 0.25) is 0 Å². The van der Waals surface area contributed by atoms with Gasteiger partial charge in [-0.1, -0.05) is 50.2 Å². The monoisotopic (exact) mass is 416 g/mol. The third kappa shape index (κ3) is 8.83. The summed E-state index contributed by atoms with van der Waals surface area (Å²) in [6.45, 7) is 9.10. The van der Waals surface area contributed by atoms with E-state index in [1.165, 1.54) is 47.2 Å². The maximum Gasteiger partial charge on any atom is 0.0366 e. The molecule has 2 nitrogen and oxygen atoms in total. The summed E-state index contributed by atoms with van der Waals surface area (Å²) in [4.78, 5) is 5.03. The zero-order valence-corrected chi connectivity index (χ0v) is 19.2. The van der Waals surface area contributed by atoms with Crippen LogP contribution < -0.4 is 9.80 Å². The highest BCUT2D eigenvalue weighted by Crippen LogP contribution is 2.17. The molecule has 28 heavy (non-hydrogen) atoms. The molecular formula is C24H36N2S2. The molecule has 0 fully saturated rings. The molecular weight excluding hydrogens is 380 g/mol. The van der Waals surface area contributed by atoms with Crippen molar-refractivity contribution in [2.45, 2.75) is 26.7 Å². The predicted molar refractivity (Wildman–Crippen MR) is 133 cm³/mol. The maximum atomic E-state index is 2.52. The summed E-state index contributed by atoms with van der Waals surface area (Å²) < 4.78 is 0. The van der Waals surface area contributed by atoms with E-state index in [2.05, 4.69) is 108 Å². The first-order chi connectivity index (χ1) is 13.8. The second-order valence-corrected chi connectivity index (χ2v) is 9.32. The van der Waals surface area contributed by atoms with Crippen molar-refractivity contribution < 1.29 is 0 Å². The molecule has 0 spiro atoms. The fourth-order valence-electron chi connectivity index (χ4n) is 3.23. The molecule has 4 heteroatoms. The summed E-state index contributed by atoms with van der Waals surface area (Å²) in [6.07, 6.45) is 2.40. The van der Waals surface area contributed by atoms with Gasteiger partial charge >= 0.3 is 0 Å². The lowest BCUT2D eigenvalue weighted by Crippen LogP contribution is -2.27. The minimum atomic E-state index is 1.14. The van der Waals surface area contributed by atoms with Crippen molar-refractivity contribution >= 4 is 34.9 Å². The molecule has 0 heterocycles. The summed E-state index contributed by atoms with van der Waals surface area (Å²) in [6, 6.07) is 21.7. The normalized spacial score (nSPS) is 10.8. The number of nitrogens with zero attached hydrogens (tertiary/aromatic N) is 2. The molecule has 0 bridgehead atoms. The molecule has 2 aromatic rings. The molecule has 0 atom stereocenters. The Labute approximate surface area is 181 Å². The zero-order valence-electron chi connectivity index (χ0n) is 17.6. The number of rotatable bonds is 15. The van der Waals surface area contributed by atoms with Gasteiger partial charge in [0.25, 0.3) is 0 Å². The standard InChI is InChI=1S/C24H36N2S2/c1-3-15-25(23-11-7-5-8-12-23)17-19-27-21-22-28-20-18-26(16-4-2)24-13-9-6-10-14-24/h5-14H,3-4,15-22H2,1-2H3. The van der Waals surface area contributed by atoms with Crippen LogP contribution in [0.5, 0.6) is 0 Å². The second kappa shape index (κ2) is 14.7. The molecule has 0 aliphatic heterocycles. The van der Waals surface area contributed by atoms with E-state index in [0.29, 0.717) is 0 Å². The lowest BCUT2D eigenvalue weighted by molar-refractivity contribution is 0.795. The number of benzene rings is 2. The molecule has 0 aromatic heterocycles. The SMILES string of the molecule is CCCN(CCSCCSCCN(CCC)c1ccccc1)c1ccccc1. The Morgan fingerprint density at radius 1 is 0.536 bits per heavy atom. The number of hydrogen-bond donors (Lipinski definition) is 0. The quantitative estimate of drug-likeness (QED) is 0.315. The van der Waals surface area contributed by atoms with E-state index >= 15 is 0 Å². The Hall–Kier alpha value is -1.26. The summed E-state index contributed by atoms with van der Waals surface area (Å²) in [5.41, 5.74) is 2.72. The van der Waals surface area contributed by atoms with E-state index in [1.807, 2.05) is 0 Å². The van der Waals surface area contributed by atoms with Crippen molar-refractivity contribution in [3.63, 3.8) is 0 Å². The van der Waals surface area contributed by atoms with E-state index in [9.17, 15) is 0 Å². The molecule has 0 amide bonds. The van der Waals surface area contributed by atoms with Gasteiger partial charge in [0.1, 0.15) is 0 Å². The van der Waals surface area contributed by atoms with Crippen molar-refractivity contribution in [1.29, 1.82) is 0 Å². The number of para-hydroxylation sites is 2. The Morgan fingerprint density at radius 2 is 0.929 bits per heavy atom. The summed E-state index contributed by atoms with van der Waals surface area (Å²) in [7, 11) is 0. The number of anilines is 2. The van der Waals surface area contributed by atoms with Gasteiger partial charge in [-0.05, 0) is 37.1 Å². The lowest BCUT2D eigenvalue weighted by Gasteiger charge is -2.24. The third-order valence-electron chi connectivity index (χ3n) is 4.61. The van der Waals surface area contributed by atoms with Crippen LogP contribution in [0.1, 0.15) is 26.7 Å². The van der Waals surface area contributed by atoms with Gasteiger partial charge in [-0.15, -0.1) is 0 Å². The first-order valence-corrected chi connectivity index (χ1v) is 12.9. The van der Waals surface area contributed by atoms with Crippen LogP contribution in [-0.4, -0.2) is 49.2 Å². The van der Waals surface area contributed by atoms with Crippen molar-refractivity contribution in [3.8, 4) is 0 Å². The van der Waals surface area contributed by atoms with E-state index < -0.39 is 0 Å². The highest BCUT2D eigenvalue weighted by molar-refractivity contribution is 8.02. The topological polar surface area (TPSA) is 6.48 Å². The van der Waals surface area contributed by atoms with E-state index in [1.54, 1.807) is 0 Å². The van der Waals surface area contributed by atoms with Crippen LogP contribution in [0.15, 0.2) is 60.7 Å². The number of hydrogen-bond acceptors (Lipinski definition) is 4. The van der Waals surface area contributed by atoms with Crippen LogP contribution in [0.3, 0.4) is 0 Å². The summed E-state index contributed by atoms with van der Waals surface area (Å²) >= 11 is 4.18. The van der Waals surface area contributed by atoms with Crippen LogP contribution in [0.2, 0.25) is 0 Å². The van der Waals surface area contributed by atoms with Gasteiger partial charge in [0.15, 0.2) is 0 Å². The van der Waals surface area contributed by atoms with Crippen LogP contribution in [0.25, 0.3) is 0 Å². The van der Waals surface area contributed by atoms with Crippen LogP contribution in [0, 0.1) is 0 Å². The van der Waals surface area contributed by atoms with Gasteiger partial charge in [-0.3, -0.25) is 0 Å². The van der Waals surface area contributed by atoms with Crippen molar-refractivity contribution in [3.05, 3.63) is 60.7 Å². The van der Waals surface area contributed by atoms with E-state index in [0.717, 1.165) is 26.2 Å². The highest BCUT2D eigenvalue weighted by Gasteiger charge is 2.06. The minimum absolute atomic E-state index is 1.14. The van der Waals surface area contributed by atoms with E-state index in [-0.39, 0.29) is 0 Å². The average Bonchev–Trinajstić information content (AvgIpc) is 2.75. The molecule has 0 saturated carbocycles. The predicted octanol–water partition coefficient (Wildman–Crippen LogP) is 6.29. The molecule has 2 aromatic carbocycles. The fourth-order valence-corrected chi connectivity index (χ4v) is 5.28.